The first-order valence-electron chi connectivity index (χ1n) is 14.1. The van der Waals surface area contributed by atoms with Crippen molar-refractivity contribution in [2.75, 3.05) is 13.7 Å². The summed E-state index contributed by atoms with van der Waals surface area (Å²) in [5.41, 5.74) is 6.03. The zero-order valence-electron chi connectivity index (χ0n) is 25.5. The highest BCUT2D eigenvalue weighted by atomic mass is 19.4. The van der Waals surface area contributed by atoms with E-state index < -0.39 is 78.4 Å². The molecule has 0 unspecified atom stereocenters. The third-order valence-corrected chi connectivity index (χ3v) is 6.29. The summed E-state index contributed by atoms with van der Waals surface area (Å²) in [5.74, 6) is -6.16. The molecule has 15 nitrogen and oxygen atoms in total. The summed E-state index contributed by atoms with van der Waals surface area (Å²) < 4.78 is 46.8. The first-order chi connectivity index (χ1) is 21.5. The minimum Gasteiger partial charge on any atom is -0.467 e. The van der Waals surface area contributed by atoms with Gasteiger partial charge < -0.3 is 41.8 Å². The smallest absolute Gasteiger partial charge is 0.467 e. The molecule has 46 heavy (non-hydrogen) atoms. The van der Waals surface area contributed by atoms with E-state index in [0.29, 0.717) is 5.56 Å². The number of primary amides is 1. The molecule has 1 aromatic rings. The summed E-state index contributed by atoms with van der Waals surface area (Å²) in [6, 6.07) is 3.86. The predicted molar refractivity (Wildman–Crippen MR) is 154 cm³/mol. The Balaban J connectivity index is 2.79. The minimum absolute atomic E-state index is 0.00686. The number of carbonyl (C=O) groups is 7. The number of benzene rings is 1. The number of ether oxygens (including phenoxy) is 2. The Labute approximate surface area is 262 Å². The molecule has 1 rings (SSSR count). The molecule has 0 radical (unpaired) electrons. The molecule has 0 aliphatic carbocycles. The number of nitrogens with two attached hydrogens (primary N) is 1. The molecule has 0 aliphatic heterocycles. The summed E-state index contributed by atoms with van der Waals surface area (Å²) in [5, 5.41) is 11.1. The standard InChI is InChI=1S/C28H39F3N6O9/c1-16(23(40)35-17(2)25(42)45-3)34-24(41)20(11-7-8-14-33-26(43)28(29,30)31)36-21(38)13-12-19(22(32)39)37-27(44)46-15-18-9-5-4-6-10-18/h4-6,9-10,16-17,19-20H,7-8,11-15H2,1-3H3,(H2,32,39)(H,33,43)(H,34,41)(H,35,40)(H,36,38)(H,37,44)/t16-,17+,19-,20+/m1/s1. The zero-order chi connectivity index (χ0) is 34.9. The fourth-order valence-electron chi connectivity index (χ4n) is 3.73. The van der Waals surface area contributed by atoms with E-state index in [1.807, 2.05) is 0 Å². The van der Waals surface area contributed by atoms with E-state index in [1.165, 1.54) is 13.8 Å². The van der Waals surface area contributed by atoms with Gasteiger partial charge in [0.05, 0.1) is 7.11 Å². The second-order valence-corrected chi connectivity index (χ2v) is 10.1. The van der Waals surface area contributed by atoms with Crippen LogP contribution < -0.4 is 32.3 Å². The van der Waals surface area contributed by atoms with E-state index in [1.54, 1.807) is 35.6 Å². The number of alkyl carbamates (subject to hydrolysis) is 1. The van der Waals surface area contributed by atoms with Crippen LogP contribution in [0.25, 0.3) is 0 Å². The van der Waals surface area contributed by atoms with Crippen LogP contribution in [0, 0.1) is 0 Å². The first kappa shape index (κ1) is 39.1. The average molecular weight is 661 g/mol. The lowest BCUT2D eigenvalue weighted by Gasteiger charge is -2.22. The molecule has 4 atom stereocenters. The number of methoxy groups -OCH3 is 1. The molecule has 0 aliphatic rings. The van der Waals surface area contributed by atoms with Gasteiger partial charge in [0.2, 0.25) is 23.6 Å². The Morgan fingerprint density at radius 1 is 0.826 bits per heavy atom. The van der Waals surface area contributed by atoms with Crippen molar-refractivity contribution in [1.29, 1.82) is 0 Å². The zero-order valence-corrected chi connectivity index (χ0v) is 25.5. The highest BCUT2D eigenvalue weighted by Gasteiger charge is 2.38. The molecule has 0 bridgehead atoms. The van der Waals surface area contributed by atoms with Crippen LogP contribution in [0.4, 0.5) is 18.0 Å². The summed E-state index contributed by atoms with van der Waals surface area (Å²) in [6.45, 7) is 2.21. The van der Waals surface area contributed by atoms with E-state index in [0.717, 1.165) is 7.11 Å². The number of halogens is 3. The third kappa shape index (κ3) is 15.2. The van der Waals surface area contributed by atoms with Gasteiger partial charge in [-0.25, -0.2) is 9.59 Å². The number of carbonyl (C=O) groups excluding carboxylic acids is 7. The van der Waals surface area contributed by atoms with Crippen LogP contribution >= 0.6 is 0 Å². The van der Waals surface area contributed by atoms with Gasteiger partial charge in [-0.15, -0.1) is 0 Å². The Hall–Kier alpha value is -4.90. The van der Waals surface area contributed by atoms with Gasteiger partial charge >= 0.3 is 24.1 Å². The maximum absolute atomic E-state index is 13.0. The van der Waals surface area contributed by atoms with E-state index in [2.05, 4.69) is 26.0 Å². The molecule has 256 valence electrons. The first-order valence-corrected chi connectivity index (χ1v) is 14.1. The normalized spacial score (nSPS) is 13.5. The molecule has 0 aromatic heterocycles. The number of amides is 6. The molecule has 0 heterocycles. The Bertz CT molecular complexity index is 1220. The monoisotopic (exact) mass is 660 g/mol. The molecule has 18 heteroatoms. The van der Waals surface area contributed by atoms with Crippen LogP contribution in [-0.4, -0.2) is 85.6 Å². The minimum atomic E-state index is -5.06. The fourth-order valence-corrected chi connectivity index (χ4v) is 3.73. The van der Waals surface area contributed by atoms with E-state index in [-0.39, 0.29) is 38.8 Å². The maximum Gasteiger partial charge on any atom is 0.471 e. The van der Waals surface area contributed by atoms with Gasteiger partial charge in [-0.3, -0.25) is 24.0 Å². The third-order valence-electron chi connectivity index (χ3n) is 6.29. The number of hydrogen-bond acceptors (Lipinski definition) is 9. The number of rotatable bonds is 18. The molecule has 7 N–H and O–H groups in total. The van der Waals surface area contributed by atoms with Crippen LogP contribution in [0.3, 0.4) is 0 Å². The molecule has 6 amide bonds. The maximum atomic E-state index is 13.0. The second kappa shape index (κ2) is 19.5. The molecule has 0 saturated carbocycles. The number of alkyl halides is 3. The van der Waals surface area contributed by atoms with Gasteiger partial charge in [-0.1, -0.05) is 30.3 Å². The molecule has 0 fully saturated rings. The highest BCUT2D eigenvalue weighted by molar-refractivity contribution is 5.93. The van der Waals surface area contributed by atoms with Crippen LogP contribution in [-0.2, 0) is 44.8 Å². The van der Waals surface area contributed by atoms with Crippen LogP contribution in [0.2, 0.25) is 0 Å². The molecule has 0 saturated heterocycles. The second-order valence-electron chi connectivity index (χ2n) is 10.1. The van der Waals surface area contributed by atoms with Gasteiger partial charge in [-0.05, 0) is 45.1 Å². The molecular formula is C28H39F3N6O9. The van der Waals surface area contributed by atoms with Crippen LogP contribution in [0.1, 0.15) is 51.5 Å². The average Bonchev–Trinajstić information content (AvgIpc) is 3.00. The predicted octanol–water partition coefficient (Wildman–Crippen LogP) is 0.0629. The van der Waals surface area contributed by atoms with Gasteiger partial charge in [0, 0.05) is 13.0 Å². The number of unbranched alkanes of at least 4 members (excludes halogenated alkanes) is 1. The number of hydrogen-bond donors (Lipinski definition) is 6. The van der Waals surface area contributed by atoms with Crippen molar-refractivity contribution < 1.29 is 56.2 Å². The molecule has 0 spiro atoms. The SMILES string of the molecule is COC(=O)[C@H](C)NC(=O)[C@@H](C)NC(=O)[C@H](CCCCNC(=O)C(F)(F)F)NC(=O)CC[C@@H](NC(=O)OCc1ccccc1)C(N)=O. The number of esters is 1. The summed E-state index contributed by atoms with van der Waals surface area (Å²) in [7, 11) is 1.12. The van der Waals surface area contributed by atoms with Crippen LogP contribution in [0.15, 0.2) is 30.3 Å². The number of nitrogens with one attached hydrogen (secondary N) is 5. The lowest BCUT2D eigenvalue weighted by molar-refractivity contribution is -0.173. The van der Waals surface area contributed by atoms with Crippen LogP contribution in [0.5, 0.6) is 0 Å². The topological polar surface area (TPSA) is 224 Å². The molecule has 1 aromatic carbocycles. The van der Waals surface area contributed by atoms with E-state index in [9.17, 15) is 46.7 Å². The van der Waals surface area contributed by atoms with Crippen molar-refractivity contribution in [3.05, 3.63) is 35.9 Å². The van der Waals surface area contributed by atoms with Crippen molar-refractivity contribution in [1.82, 2.24) is 26.6 Å². The van der Waals surface area contributed by atoms with Crippen molar-refractivity contribution >= 4 is 41.6 Å². The summed E-state index contributed by atoms with van der Waals surface area (Å²) in [4.78, 5) is 84.7. The van der Waals surface area contributed by atoms with Gasteiger partial charge in [0.25, 0.3) is 0 Å². The Kier molecular flexibility index (Phi) is 16.6. The molecular weight excluding hydrogens is 621 g/mol. The Morgan fingerprint density at radius 3 is 2.04 bits per heavy atom. The van der Waals surface area contributed by atoms with E-state index in [4.69, 9.17) is 10.5 Å². The van der Waals surface area contributed by atoms with Gasteiger partial charge in [-0.2, -0.15) is 13.2 Å². The van der Waals surface area contributed by atoms with Crippen molar-refractivity contribution in [2.45, 2.75) is 82.9 Å². The van der Waals surface area contributed by atoms with Crippen molar-refractivity contribution in [3.8, 4) is 0 Å². The highest BCUT2D eigenvalue weighted by Crippen LogP contribution is 2.14. The largest absolute Gasteiger partial charge is 0.471 e. The Morgan fingerprint density at radius 2 is 1.46 bits per heavy atom. The fraction of sp³-hybridized carbons (Fsp3) is 0.536. The van der Waals surface area contributed by atoms with E-state index >= 15 is 0 Å². The lowest BCUT2D eigenvalue weighted by atomic mass is 10.1. The summed E-state index contributed by atoms with van der Waals surface area (Å²) >= 11 is 0. The quantitative estimate of drug-likeness (QED) is 0.0924. The van der Waals surface area contributed by atoms with Crippen molar-refractivity contribution in [2.24, 2.45) is 5.73 Å². The van der Waals surface area contributed by atoms with Gasteiger partial charge in [0.1, 0.15) is 30.8 Å². The van der Waals surface area contributed by atoms with Crippen molar-refractivity contribution in [3.63, 3.8) is 0 Å². The lowest BCUT2D eigenvalue weighted by Crippen LogP contribution is -2.54. The summed E-state index contributed by atoms with van der Waals surface area (Å²) in [6.07, 6.45) is -6.74. The van der Waals surface area contributed by atoms with Gasteiger partial charge in [0.15, 0.2) is 0 Å².